The second-order valence-electron chi connectivity index (χ2n) is 5.11. The summed E-state index contributed by atoms with van der Waals surface area (Å²) < 4.78 is 40.1. The number of nitrogens with one attached hydrogen (secondary N) is 1. The summed E-state index contributed by atoms with van der Waals surface area (Å²) >= 11 is 1.25. The third-order valence-electron chi connectivity index (χ3n) is 3.22. The summed E-state index contributed by atoms with van der Waals surface area (Å²) in [5.41, 5.74) is 1.16. The van der Waals surface area contributed by atoms with Gasteiger partial charge in [0.05, 0.1) is 11.3 Å². The lowest BCUT2D eigenvalue weighted by Crippen LogP contribution is -2.17. The van der Waals surface area contributed by atoms with Crippen LogP contribution in [0.15, 0.2) is 59.9 Å². The van der Waals surface area contributed by atoms with Gasteiger partial charge in [-0.2, -0.15) is 0 Å². The fraction of sp³-hybridized carbons (Fsp3) is 0.118. The number of benzene rings is 2. The summed E-state index contributed by atoms with van der Waals surface area (Å²) in [6, 6.07) is 12.4. The molecule has 1 heterocycles. The minimum Gasteiger partial charge on any atom is -0.406 e. The van der Waals surface area contributed by atoms with Crippen LogP contribution in [0.3, 0.4) is 0 Å². The van der Waals surface area contributed by atoms with Crippen LogP contribution in [0.25, 0.3) is 10.9 Å². The molecule has 0 radical (unpaired) electrons. The largest absolute Gasteiger partial charge is 0.573 e. The van der Waals surface area contributed by atoms with Crippen molar-refractivity contribution in [3.8, 4) is 5.75 Å². The third kappa shape index (κ3) is 4.85. The van der Waals surface area contributed by atoms with Gasteiger partial charge in [-0.1, -0.05) is 30.0 Å². The van der Waals surface area contributed by atoms with Crippen LogP contribution in [0.2, 0.25) is 0 Å². The van der Waals surface area contributed by atoms with E-state index in [9.17, 15) is 18.0 Å². The van der Waals surface area contributed by atoms with Crippen LogP contribution >= 0.6 is 11.8 Å². The van der Waals surface area contributed by atoms with Gasteiger partial charge in [0, 0.05) is 11.1 Å². The Hall–Kier alpha value is -2.81. The van der Waals surface area contributed by atoms with E-state index in [2.05, 4.69) is 20.0 Å². The number of carbonyl (C=O) groups is 1. The molecular formula is C17H12F3N3O2S. The van der Waals surface area contributed by atoms with Gasteiger partial charge in [-0.3, -0.25) is 4.79 Å². The number of aromatic nitrogens is 2. The maximum atomic E-state index is 12.1. The number of rotatable bonds is 5. The van der Waals surface area contributed by atoms with Gasteiger partial charge in [0.2, 0.25) is 5.91 Å². The first-order chi connectivity index (χ1) is 12.4. The molecule has 0 spiro atoms. The topological polar surface area (TPSA) is 64.1 Å². The number of amides is 1. The molecule has 1 amide bonds. The number of thioether (sulfide) groups is 1. The monoisotopic (exact) mass is 379 g/mol. The van der Waals surface area contributed by atoms with Crippen molar-refractivity contribution in [3.63, 3.8) is 0 Å². The Labute approximate surface area is 150 Å². The average Bonchev–Trinajstić information content (AvgIpc) is 2.60. The van der Waals surface area contributed by atoms with E-state index >= 15 is 0 Å². The van der Waals surface area contributed by atoms with E-state index in [1.54, 1.807) is 0 Å². The quantitative estimate of drug-likeness (QED) is 0.530. The molecule has 0 bridgehead atoms. The van der Waals surface area contributed by atoms with Crippen molar-refractivity contribution in [2.45, 2.75) is 11.4 Å². The number of carbonyl (C=O) groups excluding carboxylic acids is 1. The van der Waals surface area contributed by atoms with Gasteiger partial charge < -0.3 is 10.1 Å². The zero-order valence-electron chi connectivity index (χ0n) is 13.2. The highest BCUT2D eigenvalue weighted by molar-refractivity contribution is 8.00. The van der Waals surface area contributed by atoms with Gasteiger partial charge >= 0.3 is 6.36 Å². The van der Waals surface area contributed by atoms with Crippen LogP contribution in [0.5, 0.6) is 5.75 Å². The maximum absolute atomic E-state index is 12.1. The number of hydrogen-bond acceptors (Lipinski definition) is 5. The van der Waals surface area contributed by atoms with Crippen molar-refractivity contribution in [1.29, 1.82) is 0 Å². The molecule has 0 aliphatic rings. The molecule has 26 heavy (non-hydrogen) atoms. The lowest BCUT2D eigenvalue weighted by Gasteiger charge is -2.10. The second-order valence-corrected chi connectivity index (χ2v) is 6.07. The molecule has 3 aromatic rings. The van der Waals surface area contributed by atoms with Crippen molar-refractivity contribution in [3.05, 3.63) is 54.9 Å². The van der Waals surface area contributed by atoms with Crippen molar-refractivity contribution < 1.29 is 22.7 Å². The van der Waals surface area contributed by atoms with Gasteiger partial charge in [-0.25, -0.2) is 9.97 Å². The Balaban J connectivity index is 1.59. The lowest BCUT2D eigenvalue weighted by atomic mass is 10.2. The van der Waals surface area contributed by atoms with Crippen LogP contribution in [0, 0.1) is 0 Å². The minimum absolute atomic E-state index is 0.0990. The summed E-state index contributed by atoms with van der Waals surface area (Å²) in [4.78, 5) is 20.4. The molecule has 0 fully saturated rings. The van der Waals surface area contributed by atoms with Gasteiger partial charge in [-0.05, 0) is 30.3 Å². The molecule has 0 saturated heterocycles. The van der Waals surface area contributed by atoms with Crippen LogP contribution < -0.4 is 10.1 Å². The van der Waals surface area contributed by atoms with Crippen LogP contribution in [0.1, 0.15) is 0 Å². The third-order valence-corrected chi connectivity index (χ3v) is 4.22. The molecule has 1 aromatic heterocycles. The molecule has 0 aliphatic heterocycles. The predicted molar refractivity (Wildman–Crippen MR) is 92.0 cm³/mol. The molecule has 0 atom stereocenters. The molecule has 0 saturated carbocycles. The first kappa shape index (κ1) is 18.0. The summed E-state index contributed by atoms with van der Waals surface area (Å²) in [5, 5.41) is 4.14. The molecule has 1 N–H and O–H groups in total. The Kier molecular flexibility index (Phi) is 5.27. The number of halogens is 3. The summed E-state index contributed by atoms with van der Waals surface area (Å²) in [6.45, 7) is 0. The molecule has 0 aliphatic carbocycles. The maximum Gasteiger partial charge on any atom is 0.573 e. The number of fused-ring (bicyclic) bond motifs is 1. The van der Waals surface area contributed by atoms with Gasteiger partial charge in [0.1, 0.15) is 17.1 Å². The average molecular weight is 379 g/mol. The van der Waals surface area contributed by atoms with E-state index in [0.29, 0.717) is 10.7 Å². The lowest BCUT2D eigenvalue weighted by molar-refractivity contribution is -0.274. The van der Waals surface area contributed by atoms with E-state index in [0.717, 1.165) is 23.0 Å². The van der Waals surface area contributed by atoms with Crippen molar-refractivity contribution in [2.24, 2.45) is 0 Å². The van der Waals surface area contributed by atoms with Crippen molar-refractivity contribution in [2.75, 3.05) is 11.1 Å². The summed E-state index contributed by atoms with van der Waals surface area (Å²) in [6.07, 6.45) is -3.32. The Bertz CT molecular complexity index is 912. The van der Waals surface area contributed by atoms with E-state index < -0.39 is 6.36 Å². The fourth-order valence-electron chi connectivity index (χ4n) is 2.17. The molecular weight excluding hydrogens is 367 g/mol. The minimum atomic E-state index is -4.75. The molecule has 9 heteroatoms. The highest BCUT2D eigenvalue weighted by atomic mass is 32.2. The Morgan fingerprint density at radius 1 is 1.08 bits per heavy atom. The first-order valence-electron chi connectivity index (χ1n) is 7.39. The van der Waals surface area contributed by atoms with Crippen LogP contribution in [-0.4, -0.2) is 28.0 Å². The Morgan fingerprint density at radius 2 is 1.81 bits per heavy atom. The second kappa shape index (κ2) is 7.61. The van der Waals surface area contributed by atoms with E-state index in [1.165, 1.54) is 30.2 Å². The number of anilines is 1. The normalized spacial score (nSPS) is 11.3. The van der Waals surface area contributed by atoms with Crippen LogP contribution in [0.4, 0.5) is 18.9 Å². The van der Waals surface area contributed by atoms with Crippen molar-refractivity contribution in [1.82, 2.24) is 9.97 Å². The number of para-hydroxylation sites is 1. The highest BCUT2D eigenvalue weighted by Gasteiger charge is 2.30. The van der Waals surface area contributed by atoms with Gasteiger partial charge in [-0.15, -0.1) is 13.2 Å². The molecule has 134 valence electrons. The van der Waals surface area contributed by atoms with Crippen molar-refractivity contribution >= 4 is 34.3 Å². The zero-order chi connectivity index (χ0) is 18.6. The standard InChI is InChI=1S/C17H12F3N3O2S/c18-17(19,20)25-12-7-5-11(6-8-12)23-15(24)9-26-16-13-3-1-2-4-14(13)21-10-22-16/h1-8,10H,9H2,(H,23,24). The van der Waals surface area contributed by atoms with E-state index in [-0.39, 0.29) is 17.4 Å². The number of hydrogen-bond donors (Lipinski definition) is 1. The van der Waals surface area contributed by atoms with Gasteiger partial charge in [0.25, 0.3) is 0 Å². The highest BCUT2D eigenvalue weighted by Crippen LogP contribution is 2.25. The van der Waals surface area contributed by atoms with Crippen LogP contribution in [-0.2, 0) is 4.79 Å². The zero-order valence-corrected chi connectivity index (χ0v) is 14.0. The fourth-order valence-corrected chi connectivity index (χ4v) is 2.96. The molecule has 2 aromatic carbocycles. The smallest absolute Gasteiger partial charge is 0.406 e. The molecule has 3 rings (SSSR count). The van der Waals surface area contributed by atoms with E-state index in [1.807, 2.05) is 24.3 Å². The number of ether oxygens (including phenoxy) is 1. The number of alkyl halides is 3. The summed E-state index contributed by atoms with van der Waals surface area (Å²) in [5.74, 6) is -0.554. The first-order valence-corrected chi connectivity index (χ1v) is 8.37. The van der Waals surface area contributed by atoms with Gasteiger partial charge in [0.15, 0.2) is 0 Å². The molecule has 5 nitrogen and oxygen atoms in total. The Morgan fingerprint density at radius 3 is 2.54 bits per heavy atom. The molecule has 0 unspecified atom stereocenters. The SMILES string of the molecule is O=C(CSc1ncnc2ccccc12)Nc1ccc(OC(F)(F)F)cc1. The summed E-state index contributed by atoms with van der Waals surface area (Å²) in [7, 11) is 0. The van der Waals surface area contributed by atoms with E-state index in [4.69, 9.17) is 0 Å². The predicted octanol–water partition coefficient (Wildman–Crippen LogP) is 4.26. The number of nitrogens with zero attached hydrogens (tertiary/aromatic N) is 2.